The van der Waals surface area contributed by atoms with Gasteiger partial charge in [-0.2, -0.15) is 0 Å². The molecule has 166 valence electrons. The van der Waals surface area contributed by atoms with Crippen LogP contribution < -0.4 is 0 Å². The molecule has 0 spiro atoms. The van der Waals surface area contributed by atoms with Gasteiger partial charge in [-0.05, 0) is 61.2 Å². The normalized spacial score (nSPS) is 13.8. The molecule has 3 heterocycles. The highest BCUT2D eigenvalue weighted by molar-refractivity contribution is 5.87. The van der Waals surface area contributed by atoms with Crippen LogP contribution in [-0.4, -0.2) is 39.2 Å². The maximum atomic E-state index is 12.3. The van der Waals surface area contributed by atoms with Crippen molar-refractivity contribution in [3.05, 3.63) is 78.6 Å². The van der Waals surface area contributed by atoms with Crippen LogP contribution in [0.15, 0.2) is 67.5 Å². The van der Waals surface area contributed by atoms with Gasteiger partial charge in [0, 0.05) is 32.0 Å². The van der Waals surface area contributed by atoms with E-state index in [0.717, 1.165) is 18.5 Å². The summed E-state index contributed by atoms with van der Waals surface area (Å²) >= 11 is 0. The molecule has 1 amide bonds. The van der Waals surface area contributed by atoms with Crippen LogP contribution >= 0.6 is 0 Å². The fourth-order valence-electron chi connectivity index (χ4n) is 4.11. The van der Waals surface area contributed by atoms with Gasteiger partial charge in [0.2, 0.25) is 0 Å². The van der Waals surface area contributed by atoms with Crippen molar-refractivity contribution in [2.45, 2.75) is 39.3 Å². The van der Waals surface area contributed by atoms with E-state index in [1.54, 1.807) is 0 Å². The number of carbonyl (C=O) groups excluding carboxylic acids is 1. The molecule has 0 saturated heterocycles. The van der Waals surface area contributed by atoms with E-state index in [0.29, 0.717) is 13.1 Å². The first kappa shape index (κ1) is 21.8. The molecule has 0 radical (unpaired) electrons. The van der Waals surface area contributed by atoms with Gasteiger partial charge < -0.3 is 19.2 Å². The summed E-state index contributed by atoms with van der Waals surface area (Å²) in [5.74, 6) is 0. The number of aromatic amines is 1. The summed E-state index contributed by atoms with van der Waals surface area (Å²) in [6.45, 7) is 11.6. The highest BCUT2D eigenvalue weighted by Crippen LogP contribution is 2.23. The van der Waals surface area contributed by atoms with Crippen LogP contribution in [-0.2, 0) is 17.7 Å². The number of H-pyrrole nitrogens is 1. The highest BCUT2D eigenvalue weighted by Gasteiger charge is 2.23. The Kier molecular flexibility index (Phi) is 6.08. The Balaban J connectivity index is 0.000000186. The summed E-state index contributed by atoms with van der Waals surface area (Å²) in [7, 11) is 0. The molecule has 0 bridgehead atoms. The van der Waals surface area contributed by atoms with Crippen molar-refractivity contribution < 1.29 is 9.53 Å². The van der Waals surface area contributed by atoms with Crippen LogP contribution in [0.4, 0.5) is 4.79 Å². The average Bonchev–Trinajstić information content (AvgIpc) is 3.38. The summed E-state index contributed by atoms with van der Waals surface area (Å²) in [6, 6.07) is 16.7. The molecule has 2 aromatic carbocycles. The largest absolute Gasteiger partial charge is 0.444 e. The van der Waals surface area contributed by atoms with Crippen molar-refractivity contribution in [2.75, 3.05) is 13.1 Å². The van der Waals surface area contributed by atoms with Crippen LogP contribution in [0.2, 0.25) is 0 Å². The third-order valence-corrected chi connectivity index (χ3v) is 5.63. The predicted molar refractivity (Wildman–Crippen MR) is 132 cm³/mol. The Labute approximate surface area is 189 Å². The Morgan fingerprint density at radius 1 is 1.03 bits per heavy atom. The Morgan fingerprint density at radius 3 is 2.59 bits per heavy atom. The molecule has 32 heavy (non-hydrogen) atoms. The molecule has 5 rings (SSSR count). The minimum atomic E-state index is -0.446. The summed E-state index contributed by atoms with van der Waals surface area (Å²) in [5, 5.41) is 2.51. The lowest BCUT2D eigenvalue weighted by molar-refractivity contribution is 0.0244. The SMILES string of the molecule is C=Cc1cccc2cc[nH]c12.CC(C)(C)OC(=O)N1CCc2cccc3ccn(c23)CC1. The summed E-state index contributed by atoms with van der Waals surface area (Å²) in [4.78, 5) is 17.2. The number of nitrogens with one attached hydrogen (secondary N) is 1. The fourth-order valence-corrected chi connectivity index (χ4v) is 4.11. The van der Waals surface area contributed by atoms with E-state index in [1.165, 1.54) is 27.4 Å². The predicted octanol–water partition coefficient (Wildman–Crippen LogP) is 6.25. The molecule has 0 saturated carbocycles. The lowest BCUT2D eigenvalue weighted by atomic mass is 10.1. The number of hydrogen-bond acceptors (Lipinski definition) is 2. The van der Waals surface area contributed by atoms with Crippen molar-refractivity contribution in [3.8, 4) is 0 Å². The van der Waals surface area contributed by atoms with Crippen molar-refractivity contribution in [3.63, 3.8) is 0 Å². The maximum absolute atomic E-state index is 12.3. The summed E-state index contributed by atoms with van der Waals surface area (Å²) in [5.41, 5.74) is 4.49. The molecule has 5 heteroatoms. The molecule has 0 aliphatic carbocycles. The maximum Gasteiger partial charge on any atom is 0.410 e. The van der Waals surface area contributed by atoms with Gasteiger partial charge in [-0.3, -0.25) is 0 Å². The van der Waals surface area contributed by atoms with E-state index in [1.807, 2.05) is 50.1 Å². The Morgan fingerprint density at radius 2 is 1.81 bits per heavy atom. The van der Waals surface area contributed by atoms with Crippen LogP contribution in [0.3, 0.4) is 0 Å². The molecule has 0 unspecified atom stereocenters. The van der Waals surface area contributed by atoms with E-state index in [9.17, 15) is 4.79 Å². The first-order valence-corrected chi connectivity index (χ1v) is 11.1. The second-order valence-electron chi connectivity index (χ2n) is 9.07. The zero-order valence-corrected chi connectivity index (χ0v) is 19.1. The quantitative estimate of drug-likeness (QED) is 0.389. The Bertz CT molecular complexity index is 1240. The smallest absolute Gasteiger partial charge is 0.410 e. The van der Waals surface area contributed by atoms with Crippen LogP contribution in [0.1, 0.15) is 31.9 Å². The van der Waals surface area contributed by atoms with E-state index in [-0.39, 0.29) is 6.09 Å². The first-order valence-electron chi connectivity index (χ1n) is 11.1. The third-order valence-electron chi connectivity index (χ3n) is 5.63. The topological polar surface area (TPSA) is 50.3 Å². The minimum absolute atomic E-state index is 0.217. The lowest BCUT2D eigenvalue weighted by Gasteiger charge is -2.29. The van der Waals surface area contributed by atoms with Gasteiger partial charge >= 0.3 is 6.09 Å². The standard InChI is InChI=1S/C17H22N2O2.C10H9N/c1-17(2,3)21-16(20)19-10-8-14-6-4-5-13-7-9-18(11-12-19)15(13)14;1-2-8-4-3-5-9-6-7-11-10(8)9/h4-7,9H,8,10-12H2,1-3H3;2-7,11H,1H2. The molecule has 0 atom stereocenters. The van der Waals surface area contributed by atoms with Crippen LogP contribution in [0.5, 0.6) is 0 Å². The molecule has 0 fully saturated rings. The van der Waals surface area contributed by atoms with Crippen LogP contribution in [0.25, 0.3) is 27.9 Å². The molecule has 1 N–H and O–H groups in total. The van der Waals surface area contributed by atoms with E-state index in [2.05, 4.69) is 58.7 Å². The molecule has 1 aliphatic heterocycles. The molecule has 5 nitrogen and oxygen atoms in total. The van der Waals surface area contributed by atoms with Crippen LogP contribution in [0, 0.1) is 0 Å². The van der Waals surface area contributed by atoms with Crippen molar-refractivity contribution in [1.29, 1.82) is 0 Å². The van der Waals surface area contributed by atoms with Gasteiger partial charge in [0.25, 0.3) is 0 Å². The fraction of sp³-hybridized carbons (Fsp3) is 0.296. The van der Waals surface area contributed by atoms with E-state index >= 15 is 0 Å². The second kappa shape index (κ2) is 8.95. The summed E-state index contributed by atoms with van der Waals surface area (Å²) < 4.78 is 7.73. The van der Waals surface area contributed by atoms with Gasteiger partial charge in [-0.25, -0.2) is 4.79 Å². The first-order chi connectivity index (χ1) is 15.4. The number of aromatic nitrogens is 2. The van der Waals surface area contributed by atoms with Gasteiger partial charge in [-0.15, -0.1) is 0 Å². The van der Waals surface area contributed by atoms with Gasteiger partial charge in [0.05, 0.1) is 11.0 Å². The average molecular weight is 430 g/mol. The lowest BCUT2D eigenvalue weighted by Crippen LogP contribution is -2.40. The summed E-state index contributed by atoms with van der Waals surface area (Å²) in [6.07, 6.45) is 6.55. The molecular weight excluding hydrogens is 398 g/mol. The number of ether oxygens (including phenoxy) is 1. The Hall–Kier alpha value is -3.47. The number of fused-ring (bicyclic) bond motifs is 1. The number of amides is 1. The van der Waals surface area contributed by atoms with Gasteiger partial charge in [-0.1, -0.05) is 49.1 Å². The molecular formula is C27H31N3O2. The van der Waals surface area contributed by atoms with Gasteiger partial charge in [0.15, 0.2) is 0 Å². The third kappa shape index (κ3) is 4.72. The number of rotatable bonds is 1. The van der Waals surface area contributed by atoms with Crippen molar-refractivity contribution >= 4 is 34.0 Å². The van der Waals surface area contributed by atoms with Crippen molar-refractivity contribution in [1.82, 2.24) is 14.5 Å². The molecule has 4 aromatic rings. The number of nitrogens with zero attached hydrogens (tertiary/aromatic N) is 2. The highest BCUT2D eigenvalue weighted by atomic mass is 16.6. The minimum Gasteiger partial charge on any atom is -0.444 e. The zero-order chi connectivity index (χ0) is 22.7. The number of carbonyl (C=O) groups is 1. The monoisotopic (exact) mass is 429 g/mol. The number of para-hydroxylation sites is 2. The number of benzene rings is 2. The van der Waals surface area contributed by atoms with E-state index in [4.69, 9.17) is 4.74 Å². The molecule has 1 aliphatic rings. The van der Waals surface area contributed by atoms with Crippen molar-refractivity contribution in [2.24, 2.45) is 0 Å². The van der Waals surface area contributed by atoms with Gasteiger partial charge in [0.1, 0.15) is 5.60 Å². The molecule has 2 aromatic heterocycles. The zero-order valence-electron chi connectivity index (χ0n) is 19.1. The number of hydrogen-bond donors (Lipinski definition) is 1. The second-order valence-corrected chi connectivity index (χ2v) is 9.07. The van der Waals surface area contributed by atoms with E-state index < -0.39 is 5.60 Å².